The minimum absolute atomic E-state index is 0.0231. The summed E-state index contributed by atoms with van der Waals surface area (Å²) < 4.78 is 1.79. The fourth-order valence-corrected chi connectivity index (χ4v) is 2.24. The number of hydrogen-bond donors (Lipinski definition) is 2. The van der Waals surface area contributed by atoms with E-state index in [0.717, 1.165) is 28.8 Å². The lowest BCUT2D eigenvalue weighted by Gasteiger charge is -2.04. The van der Waals surface area contributed by atoms with Gasteiger partial charge in [0.05, 0.1) is 5.75 Å². The van der Waals surface area contributed by atoms with Gasteiger partial charge in [-0.3, -0.25) is 4.79 Å². The van der Waals surface area contributed by atoms with Crippen LogP contribution in [-0.2, 0) is 11.8 Å². The second kappa shape index (κ2) is 5.75. The predicted octanol–water partition coefficient (Wildman–Crippen LogP) is 1.70. The Hall–Kier alpha value is -2.02. The third kappa shape index (κ3) is 3.05. The molecule has 2 aromatic rings. The molecule has 1 heterocycles. The second-order valence-corrected chi connectivity index (χ2v) is 4.82. The monoisotopic (exact) mass is 278 g/mol. The molecule has 19 heavy (non-hydrogen) atoms. The minimum Gasteiger partial charge on any atom is -0.481 e. The van der Waals surface area contributed by atoms with Gasteiger partial charge in [-0.25, -0.2) is 0 Å². The average molecular weight is 278 g/mol. The number of aliphatic carboxylic acids is 1. The summed E-state index contributed by atoms with van der Waals surface area (Å²) in [6.45, 7) is 0. The van der Waals surface area contributed by atoms with Crippen LogP contribution in [0.15, 0.2) is 29.4 Å². The molecule has 0 spiro atoms. The summed E-state index contributed by atoms with van der Waals surface area (Å²) in [5.74, 6) is -0.173. The number of carboxylic acid groups (broad SMARTS) is 1. The molecule has 0 radical (unpaired) electrons. The number of carboxylic acids is 1. The van der Waals surface area contributed by atoms with E-state index in [1.165, 1.54) is 0 Å². The molecule has 1 aromatic carbocycles. The zero-order chi connectivity index (χ0) is 13.8. The van der Waals surface area contributed by atoms with Crippen molar-refractivity contribution in [1.82, 2.24) is 14.8 Å². The number of carbonyl (C=O) groups is 1. The Kier molecular flexibility index (Phi) is 4.06. The van der Waals surface area contributed by atoms with E-state index in [0.29, 0.717) is 5.16 Å². The van der Waals surface area contributed by atoms with Crippen LogP contribution in [0.1, 0.15) is 0 Å². The van der Waals surface area contributed by atoms with Crippen LogP contribution >= 0.6 is 11.8 Å². The molecule has 7 heteroatoms. The van der Waals surface area contributed by atoms with E-state index in [-0.39, 0.29) is 5.75 Å². The summed E-state index contributed by atoms with van der Waals surface area (Å²) in [6.07, 6.45) is 0. The highest BCUT2D eigenvalue weighted by Crippen LogP contribution is 2.23. The number of thioether (sulfide) groups is 1. The molecule has 0 fully saturated rings. The molecule has 0 aliphatic carbocycles. The third-order valence-corrected chi connectivity index (χ3v) is 3.60. The van der Waals surface area contributed by atoms with E-state index in [9.17, 15) is 4.79 Å². The summed E-state index contributed by atoms with van der Waals surface area (Å²) in [7, 11) is 3.68. The van der Waals surface area contributed by atoms with Crippen molar-refractivity contribution < 1.29 is 9.90 Å². The largest absolute Gasteiger partial charge is 0.481 e. The molecule has 0 aliphatic rings. The number of nitrogens with zero attached hydrogens (tertiary/aromatic N) is 3. The first kappa shape index (κ1) is 13.4. The zero-order valence-corrected chi connectivity index (χ0v) is 11.4. The SMILES string of the molecule is CNc1ccc(-c2nnc(SCC(=O)O)n2C)cc1. The van der Waals surface area contributed by atoms with Gasteiger partial charge in [0.25, 0.3) is 0 Å². The van der Waals surface area contributed by atoms with Gasteiger partial charge in [0.15, 0.2) is 11.0 Å². The fourth-order valence-electron chi connectivity index (χ4n) is 1.60. The molecule has 0 amide bonds. The quantitative estimate of drug-likeness (QED) is 0.810. The molecule has 2 N–H and O–H groups in total. The molecule has 0 saturated heterocycles. The first-order valence-electron chi connectivity index (χ1n) is 5.64. The maximum Gasteiger partial charge on any atom is 0.313 e. The highest BCUT2D eigenvalue weighted by Gasteiger charge is 2.12. The maximum absolute atomic E-state index is 10.5. The molecular formula is C12H14N4O2S. The number of hydrogen-bond acceptors (Lipinski definition) is 5. The van der Waals surface area contributed by atoms with Crippen molar-refractivity contribution in [3.63, 3.8) is 0 Å². The number of anilines is 1. The smallest absolute Gasteiger partial charge is 0.313 e. The molecule has 2 rings (SSSR count). The van der Waals surface area contributed by atoms with Crippen LogP contribution in [0.2, 0.25) is 0 Å². The Labute approximate surface area is 114 Å². The number of benzene rings is 1. The summed E-state index contributed by atoms with van der Waals surface area (Å²) in [4.78, 5) is 10.5. The summed E-state index contributed by atoms with van der Waals surface area (Å²) in [6, 6.07) is 7.80. The van der Waals surface area contributed by atoms with Crippen molar-refractivity contribution in [2.75, 3.05) is 18.1 Å². The Bertz CT molecular complexity index is 580. The molecular weight excluding hydrogens is 264 g/mol. The fraction of sp³-hybridized carbons (Fsp3) is 0.250. The standard InChI is InChI=1S/C12H14N4O2S/c1-13-9-5-3-8(4-6-9)11-14-15-12(16(11)2)19-7-10(17)18/h3-6,13H,7H2,1-2H3,(H,17,18). The Morgan fingerprint density at radius 1 is 1.37 bits per heavy atom. The third-order valence-electron chi connectivity index (χ3n) is 2.59. The van der Waals surface area contributed by atoms with Crippen molar-refractivity contribution in [1.29, 1.82) is 0 Å². The van der Waals surface area contributed by atoms with Gasteiger partial charge in [-0.2, -0.15) is 0 Å². The van der Waals surface area contributed by atoms with E-state index in [1.807, 2.05) is 38.4 Å². The molecule has 0 atom stereocenters. The van der Waals surface area contributed by atoms with E-state index < -0.39 is 5.97 Å². The lowest BCUT2D eigenvalue weighted by molar-refractivity contribution is -0.133. The normalized spacial score (nSPS) is 10.4. The second-order valence-electron chi connectivity index (χ2n) is 3.87. The van der Waals surface area contributed by atoms with Crippen LogP contribution in [-0.4, -0.2) is 38.6 Å². The molecule has 100 valence electrons. The molecule has 0 aliphatic heterocycles. The van der Waals surface area contributed by atoms with E-state index in [4.69, 9.17) is 5.11 Å². The van der Waals surface area contributed by atoms with Crippen molar-refractivity contribution in [2.45, 2.75) is 5.16 Å². The molecule has 0 unspecified atom stereocenters. The Morgan fingerprint density at radius 3 is 2.63 bits per heavy atom. The highest BCUT2D eigenvalue weighted by molar-refractivity contribution is 7.99. The molecule has 1 aromatic heterocycles. The number of rotatable bonds is 5. The van der Waals surface area contributed by atoms with Crippen LogP contribution < -0.4 is 5.32 Å². The predicted molar refractivity (Wildman–Crippen MR) is 74.3 cm³/mol. The average Bonchev–Trinajstić information content (AvgIpc) is 2.78. The van der Waals surface area contributed by atoms with Gasteiger partial charge in [0.2, 0.25) is 0 Å². The summed E-state index contributed by atoms with van der Waals surface area (Å²) >= 11 is 1.16. The van der Waals surface area contributed by atoms with Crippen molar-refractivity contribution in [3.05, 3.63) is 24.3 Å². The maximum atomic E-state index is 10.5. The van der Waals surface area contributed by atoms with E-state index in [1.54, 1.807) is 4.57 Å². The topological polar surface area (TPSA) is 80.0 Å². The number of aromatic nitrogens is 3. The van der Waals surface area contributed by atoms with Crippen LogP contribution in [0.3, 0.4) is 0 Å². The lowest BCUT2D eigenvalue weighted by Crippen LogP contribution is -2.01. The van der Waals surface area contributed by atoms with Crippen molar-refractivity contribution in [3.8, 4) is 11.4 Å². The van der Waals surface area contributed by atoms with E-state index >= 15 is 0 Å². The van der Waals surface area contributed by atoms with Gasteiger partial charge < -0.3 is 15.0 Å². The van der Waals surface area contributed by atoms with Crippen molar-refractivity contribution in [2.24, 2.45) is 7.05 Å². The van der Waals surface area contributed by atoms with Crippen LogP contribution in [0.25, 0.3) is 11.4 Å². The zero-order valence-electron chi connectivity index (χ0n) is 10.6. The van der Waals surface area contributed by atoms with Gasteiger partial charge in [-0.15, -0.1) is 10.2 Å². The van der Waals surface area contributed by atoms with Crippen LogP contribution in [0, 0.1) is 0 Å². The molecule has 0 saturated carbocycles. The molecule has 6 nitrogen and oxygen atoms in total. The highest BCUT2D eigenvalue weighted by atomic mass is 32.2. The van der Waals surface area contributed by atoms with Gasteiger partial charge in [0, 0.05) is 25.3 Å². The van der Waals surface area contributed by atoms with Gasteiger partial charge in [-0.05, 0) is 24.3 Å². The van der Waals surface area contributed by atoms with Gasteiger partial charge in [-0.1, -0.05) is 11.8 Å². The van der Waals surface area contributed by atoms with E-state index in [2.05, 4.69) is 15.5 Å². The van der Waals surface area contributed by atoms with Crippen LogP contribution in [0.5, 0.6) is 0 Å². The number of nitrogens with one attached hydrogen (secondary N) is 1. The summed E-state index contributed by atoms with van der Waals surface area (Å²) in [5, 5.41) is 20.4. The van der Waals surface area contributed by atoms with Crippen LogP contribution in [0.4, 0.5) is 5.69 Å². The lowest BCUT2D eigenvalue weighted by atomic mass is 10.2. The first-order chi connectivity index (χ1) is 9.11. The first-order valence-corrected chi connectivity index (χ1v) is 6.62. The molecule has 0 bridgehead atoms. The Balaban J connectivity index is 2.22. The Morgan fingerprint density at radius 2 is 2.05 bits per heavy atom. The van der Waals surface area contributed by atoms with Gasteiger partial charge >= 0.3 is 5.97 Å². The minimum atomic E-state index is -0.868. The van der Waals surface area contributed by atoms with Crippen molar-refractivity contribution >= 4 is 23.4 Å². The van der Waals surface area contributed by atoms with Gasteiger partial charge in [0.1, 0.15) is 0 Å². The summed E-state index contributed by atoms with van der Waals surface area (Å²) in [5.41, 5.74) is 1.96.